The van der Waals surface area contributed by atoms with Crippen LogP contribution >= 0.6 is 0 Å². The van der Waals surface area contributed by atoms with Gasteiger partial charge in [0.25, 0.3) is 0 Å². The summed E-state index contributed by atoms with van der Waals surface area (Å²) in [4.78, 5) is 25.8. The molecule has 1 heterocycles. The second-order valence-corrected chi connectivity index (χ2v) is 5.65. The van der Waals surface area contributed by atoms with E-state index in [9.17, 15) is 9.59 Å². The van der Waals surface area contributed by atoms with Gasteiger partial charge in [0.05, 0.1) is 6.04 Å². The first-order chi connectivity index (χ1) is 8.49. The predicted octanol–water partition coefficient (Wildman–Crippen LogP) is 0.252. The Hall–Kier alpha value is -1.10. The van der Waals surface area contributed by atoms with E-state index in [2.05, 4.69) is 10.6 Å². The third-order valence-corrected chi connectivity index (χ3v) is 3.53. The molecule has 5 heteroatoms. The summed E-state index contributed by atoms with van der Waals surface area (Å²) < 4.78 is 0. The molecule has 2 fully saturated rings. The van der Waals surface area contributed by atoms with E-state index in [0.29, 0.717) is 12.6 Å². The van der Waals surface area contributed by atoms with Crippen LogP contribution in [0, 0.1) is 0 Å². The molecule has 2 aliphatic rings. The number of rotatable bonds is 5. The van der Waals surface area contributed by atoms with Crippen LogP contribution in [0.25, 0.3) is 0 Å². The number of nitrogens with one attached hydrogen (secondary N) is 2. The van der Waals surface area contributed by atoms with E-state index in [1.54, 1.807) is 11.8 Å². The Morgan fingerprint density at radius 2 is 1.94 bits per heavy atom. The van der Waals surface area contributed by atoms with Crippen LogP contribution in [0.4, 0.5) is 0 Å². The molecule has 0 bridgehead atoms. The molecule has 0 aromatic heterocycles. The molecule has 1 aliphatic carbocycles. The fourth-order valence-electron chi connectivity index (χ4n) is 2.32. The largest absolute Gasteiger partial charge is 0.352 e. The molecule has 2 unspecified atom stereocenters. The Labute approximate surface area is 108 Å². The molecule has 5 nitrogen and oxygen atoms in total. The minimum atomic E-state index is -0.370. The molecule has 0 radical (unpaired) electrons. The molecule has 1 saturated heterocycles. The summed E-state index contributed by atoms with van der Waals surface area (Å²) in [6.07, 6.45) is 3.16. The van der Waals surface area contributed by atoms with Gasteiger partial charge in [0.15, 0.2) is 0 Å². The zero-order valence-corrected chi connectivity index (χ0v) is 11.4. The monoisotopic (exact) mass is 253 g/mol. The van der Waals surface area contributed by atoms with Gasteiger partial charge in [-0.25, -0.2) is 0 Å². The van der Waals surface area contributed by atoms with Gasteiger partial charge in [-0.2, -0.15) is 0 Å². The van der Waals surface area contributed by atoms with Gasteiger partial charge >= 0.3 is 0 Å². The Kier molecular flexibility index (Phi) is 3.90. The van der Waals surface area contributed by atoms with Gasteiger partial charge in [-0.15, -0.1) is 0 Å². The van der Waals surface area contributed by atoms with Crippen LogP contribution in [-0.2, 0) is 9.59 Å². The Morgan fingerprint density at radius 3 is 2.50 bits per heavy atom. The zero-order chi connectivity index (χ0) is 13.3. The lowest BCUT2D eigenvalue weighted by atomic mass is 10.2. The third kappa shape index (κ3) is 3.02. The third-order valence-electron chi connectivity index (χ3n) is 3.53. The highest BCUT2D eigenvalue weighted by molar-refractivity contribution is 5.91. The van der Waals surface area contributed by atoms with Crippen LogP contribution < -0.4 is 10.6 Å². The van der Waals surface area contributed by atoms with E-state index >= 15 is 0 Å². The van der Waals surface area contributed by atoms with Crippen molar-refractivity contribution >= 4 is 11.8 Å². The normalized spacial score (nSPS) is 25.7. The van der Waals surface area contributed by atoms with E-state index < -0.39 is 0 Å². The highest BCUT2D eigenvalue weighted by Gasteiger charge is 2.39. The summed E-state index contributed by atoms with van der Waals surface area (Å²) in [6.45, 7) is 6.33. The highest BCUT2D eigenvalue weighted by Crippen LogP contribution is 2.23. The topological polar surface area (TPSA) is 61.4 Å². The summed E-state index contributed by atoms with van der Waals surface area (Å²) in [5.41, 5.74) is 0. The minimum Gasteiger partial charge on any atom is -0.352 e. The Bertz CT molecular complexity index is 339. The first-order valence-corrected chi connectivity index (χ1v) is 6.86. The fourth-order valence-corrected chi connectivity index (χ4v) is 2.32. The summed E-state index contributed by atoms with van der Waals surface area (Å²) in [6, 6.07) is 0.189. The summed E-state index contributed by atoms with van der Waals surface area (Å²) in [5, 5.41) is 6.20. The van der Waals surface area contributed by atoms with Crippen molar-refractivity contribution in [1.82, 2.24) is 15.5 Å². The maximum atomic E-state index is 12.2. The van der Waals surface area contributed by atoms with E-state index in [1.807, 2.05) is 13.8 Å². The van der Waals surface area contributed by atoms with E-state index in [4.69, 9.17) is 0 Å². The number of likely N-dealkylation sites (tertiary alicyclic amines) is 1. The summed E-state index contributed by atoms with van der Waals surface area (Å²) >= 11 is 0. The van der Waals surface area contributed by atoms with Crippen LogP contribution in [-0.4, -0.2) is 47.4 Å². The Balaban J connectivity index is 1.88. The molecule has 18 heavy (non-hydrogen) atoms. The maximum absolute atomic E-state index is 12.2. The number of amides is 2. The van der Waals surface area contributed by atoms with Crippen molar-refractivity contribution in [2.45, 2.75) is 64.2 Å². The second kappa shape index (κ2) is 5.26. The van der Waals surface area contributed by atoms with Crippen molar-refractivity contribution in [3.63, 3.8) is 0 Å². The van der Waals surface area contributed by atoms with Gasteiger partial charge in [-0.05, 0) is 40.0 Å². The number of carbonyl (C=O) groups excluding carboxylic acids is 2. The van der Waals surface area contributed by atoms with Gasteiger partial charge in [0.1, 0.15) is 6.04 Å². The maximum Gasteiger partial charge on any atom is 0.242 e. The van der Waals surface area contributed by atoms with Crippen molar-refractivity contribution in [3.8, 4) is 0 Å². The average Bonchev–Trinajstić information content (AvgIpc) is 3.03. The van der Waals surface area contributed by atoms with Gasteiger partial charge in [-0.1, -0.05) is 0 Å². The highest BCUT2D eigenvalue weighted by atomic mass is 16.2. The van der Waals surface area contributed by atoms with Crippen LogP contribution in [0.3, 0.4) is 0 Å². The van der Waals surface area contributed by atoms with Gasteiger partial charge in [0.2, 0.25) is 11.8 Å². The average molecular weight is 253 g/mol. The van der Waals surface area contributed by atoms with Crippen LogP contribution in [0.15, 0.2) is 0 Å². The second-order valence-electron chi connectivity index (χ2n) is 5.65. The van der Waals surface area contributed by atoms with E-state index in [1.165, 1.54) is 12.8 Å². The quantitative estimate of drug-likeness (QED) is 0.738. The summed E-state index contributed by atoms with van der Waals surface area (Å²) in [5.74, 6) is 0.0127. The van der Waals surface area contributed by atoms with Crippen LogP contribution in [0.1, 0.15) is 40.0 Å². The molecule has 2 rings (SSSR count). The molecule has 2 atom stereocenters. The van der Waals surface area contributed by atoms with Crippen molar-refractivity contribution in [1.29, 1.82) is 0 Å². The molecular formula is C13H23N3O2. The molecule has 0 aromatic rings. The van der Waals surface area contributed by atoms with Crippen LogP contribution in [0.2, 0.25) is 0 Å². The molecule has 102 valence electrons. The zero-order valence-electron chi connectivity index (χ0n) is 11.4. The molecule has 2 N–H and O–H groups in total. The summed E-state index contributed by atoms with van der Waals surface area (Å²) in [7, 11) is 0. The fraction of sp³-hybridized carbons (Fsp3) is 0.846. The molecule has 1 aliphatic heterocycles. The molecule has 2 amide bonds. The van der Waals surface area contributed by atoms with E-state index in [0.717, 1.165) is 6.42 Å². The molecule has 0 spiro atoms. The Morgan fingerprint density at radius 1 is 1.28 bits per heavy atom. The smallest absolute Gasteiger partial charge is 0.242 e. The standard InChI is InChI=1S/C13H23N3O2/c1-8(2)14-12(17)9(3)16-7-6-11(13(16)18)15-10-4-5-10/h8-11,15H,4-7H2,1-3H3,(H,14,17). The first kappa shape index (κ1) is 13.3. The van der Waals surface area contributed by atoms with Gasteiger partial charge < -0.3 is 15.5 Å². The number of carbonyl (C=O) groups is 2. The molecule has 0 aromatic carbocycles. The first-order valence-electron chi connectivity index (χ1n) is 6.86. The lowest BCUT2D eigenvalue weighted by molar-refractivity contribution is -0.138. The predicted molar refractivity (Wildman–Crippen MR) is 69.0 cm³/mol. The van der Waals surface area contributed by atoms with Crippen LogP contribution in [0.5, 0.6) is 0 Å². The lowest BCUT2D eigenvalue weighted by Gasteiger charge is -2.25. The van der Waals surface area contributed by atoms with Gasteiger partial charge in [0, 0.05) is 18.6 Å². The lowest BCUT2D eigenvalue weighted by Crippen LogP contribution is -2.49. The molecule has 1 saturated carbocycles. The van der Waals surface area contributed by atoms with Crippen molar-refractivity contribution in [3.05, 3.63) is 0 Å². The van der Waals surface area contributed by atoms with Gasteiger partial charge in [-0.3, -0.25) is 9.59 Å². The van der Waals surface area contributed by atoms with Crippen molar-refractivity contribution in [2.24, 2.45) is 0 Å². The molecular weight excluding hydrogens is 230 g/mol. The van der Waals surface area contributed by atoms with E-state index in [-0.39, 0.29) is 29.9 Å². The number of nitrogens with zero attached hydrogens (tertiary/aromatic N) is 1. The SMILES string of the molecule is CC(C)NC(=O)C(C)N1CCC(NC2CC2)C1=O. The number of hydrogen-bond acceptors (Lipinski definition) is 3. The van der Waals surface area contributed by atoms with Crippen molar-refractivity contribution < 1.29 is 9.59 Å². The number of hydrogen-bond donors (Lipinski definition) is 2. The minimum absolute atomic E-state index is 0.0644. The van der Waals surface area contributed by atoms with Crippen molar-refractivity contribution in [2.75, 3.05) is 6.54 Å².